The normalized spacial score (nSPS) is 17.3. The first-order valence-corrected chi connectivity index (χ1v) is 18.0. The zero-order chi connectivity index (χ0) is 40.9. The van der Waals surface area contributed by atoms with E-state index in [2.05, 4.69) is 0 Å². The minimum absolute atomic E-state index is 0.0145. The van der Waals surface area contributed by atoms with Crippen molar-refractivity contribution in [3.8, 4) is 0 Å². The van der Waals surface area contributed by atoms with Gasteiger partial charge in [-0.1, -0.05) is 60.7 Å². The summed E-state index contributed by atoms with van der Waals surface area (Å²) in [6.07, 6.45) is -2.20. The summed E-state index contributed by atoms with van der Waals surface area (Å²) in [5.41, 5.74) is 0.393. The van der Waals surface area contributed by atoms with Crippen molar-refractivity contribution in [3.05, 3.63) is 71.8 Å². The van der Waals surface area contributed by atoms with Crippen LogP contribution in [0.1, 0.15) is 59.6 Å². The van der Waals surface area contributed by atoms with Crippen LogP contribution in [0.15, 0.2) is 60.7 Å². The Hall–Kier alpha value is -5.38. The predicted octanol–water partition coefficient (Wildman–Crippen LogP) is 5.10. The average molecular weight is 770 g/mol. The lowest BCUT2D eigenvalue weighted by Gasteiger charge is -2.41. The van der Waals surface area contributed by atoms with E-state index in [-0.39, 0.29) is 58.3 Å². The summed E-state index contributed by atoms with van der Waals surface area (Å²) in [6, 6.07) is 17.0. The standard InChI is InChI=1S/C20H29N3O6.C19H26N2O5/c1-20(2,3)29-19(26)23-12-11-22(13-16(23)17(24)21(4)27-5)18(25)28-14-15-9-7-6-8-10-15;1-14(22)16-12-20(10-11-21(16)18(24)26-19(2,3)4)17(23)25-13-15-8-6-5-7-9-15/h6-10,16H,11-14H2,1-5H3;5-9,16H,10-13H2,1-4H3/t2*16-/m11/s1. The van der Waals surface area contributed by atoms with Crippen molar-refractivity contribution in [1.29, 1.82) is 0 Å². The van der Waals surface area contributed by atoms with Gasteiger partial charge in [0.25, 0.3) is 5.91 Å². The number of hydrogen-bond acceptors (Lipinski definition) is 11. The molecule has 2 aromatic carbocycles. The highest BCUT2D eigenvalue weighted by molar-refractivity contribution is 5.87. The van der Waals surface area contributed by atoms with Crippen LogP contribution in [0.3, 0.4) is 0 Å². The summed E-state index contributed by atoms with van der Waals surface area (Å²) < 4.78 is 21.4. The van der Waals surface area contributed by atoms with Gasteiger partial charge in [0.2, 0.25) is 0 Å². The molecule has 0 unspecified atom stereocenters. The summed E-state index contributed by atoms with van der Waals surface area (Å²) in [6.45, 7) is 13.2. The average Bonchev–Trinajstić information content (AvgIpc) is 3.14. The molecule has 0 aliphatic carbocycles. The largest absolute Gasteiger partial charge is 0.445 e. The zero-order valence-corrected chi connectivity index (χ0v) is 33.3. The first kappa shape index (κ1) is 44.0. The molecule has 0 radical (unpaired) electrons. The second kappa shape index (κ2) is 19.8. The number of Topliss-reactive ketones (excluding diaryl/α,β-unsaturated/α-hetero) is 1. The first-order valence-electron chi connectivity index (χ1n) is 18.0. The van der Waals surface area contributed by atoms with Crippen LogP contribution in [0.4, 0.5) is 19.2 Å². The summed E-state index contributed by atoms with van der Waals surface area (Å²) >= 11 is 0. The topological polar surface area (TPSA) is 165 Å². The number of rotatable bonds is 7. The third kappa shape index (κ3) is 14.1. The van der Waals surface area contributed by atoms with Crippen molar-refractivity contribution in [2.75, 3.05) is 53.4 Å². The van der Waals surface area contributed by atoms with Crippen molar-refractivity contribution in [2.24, 2.45) is 0 Å². The highest BCUT2D eigenvalue weighted by Crippen LogP contribution is 2.20. The van der Waals surface area contributed by atoms with Crippen LogP contribution in [0.5, 0.6) is 0 Å². The molecule has 0 N–H and O–H groups in total. The number of carbonyl (C=O) groups is 6. The monoisotopic (exact) mass is 769 g/mol. The lowest BCUT2D eigenvalue weighted by atomic mass is 10.1. The van der Waals surface area contributed by atoms with Crippen molar-refractivity contribution in [2.45, 2.75) is 85.0 Å². The molecule has 2 fully saturated rings. The Labute approximate surface area is 323 Å². The molecular formula is C39H55N5O11. The smallest absolute Gasteiger partial charge is 0.411 e. The zero-order valence-electron chi connectivity index (χ0n) is 33.3. The van der Waals surface area contributed by atoms with Gasteiger partial charge in [0.1, 0.15) is 36.5 Å². The number of hydroxylamine groups is 2. The van der Waals surface area contributed by atoms with Crippen molar-refractivity contribution in [1.82, 2.24) is 24.7 Å². The van der Waals surface area contributed by atoms with Crippen molar-refractivity contribution < 1.29 is 52.6 Å². The second-order valence-electron chi connectivity index (χ2n) is 15.0. The van der Waals surface area contributed by atoms with E-state index >= 15 is 0 Å². The number of ether oxygens (including phenoxy) is 4. The van der Waals surface area contributed by atoms with E-state index in [1.54, 1.807) is 41.5 Å². The van der Waals surface area contributed by atoms with Gasteiger partial charge in [-0.25, -0.2) is 24.2 Å². The molecular weight excluding hydrogens is 714 g/mol. The lowest BCUT2D eigenvalue weighted by molar-refractivity contribution is -0.176. The number of piperazine rings is 2. The molecule has 2 heterocycles. The molecule has 4 rings (SSSR count). The van der Waals surface area contributed by atoms with Crippen molar-refractivity contribution in [3.63, 3.8) is 0 Å². The van der Waals surface area contributed by atoms with Crippen LogP contribution in [-0.2, 0) is 46.6 Å². The molecule has 0 aromatic heterocycles. The Morgan fingerprint density at radius 2 is 1.00 bits per heavy atom. The summed E-state index contributed by atoms with van der Waals surface area (Å²) in [5.74, 6) is -0.657. The predicted molar refractivity (Wildman–Crippen MR) is 200 cm³/mol. The van der Waals surface area contributed by atoms with Gasteiger partial charge in [0.05, 0.1) is 20.2 Å². The molecule has 2 saturated heterocycles. The van der Waals surface area contributed by atoms with Gasteiger partial charge >= 0.3 is 24.4 Å². The molecule has 2 atom stereocenters. The number of carbonyl (C=O) groups excluding carboxylic acids is 6. The van der Waals surface area contributed by atoms with E-state index in [9.17, 15) is 28.8 Å². The molecule has 55 heavy (non-hydrogen) atoms. The Morgan fingerprint density at radius 1 is 0.618 bits per heavy atom. The molecule has 5 amide bonds. The molecule has 0 bridgehead atoms. The number of benzene rings is 2. The number of amides is 5. The van der Waals surface area contributed by atoms with Crippen LogP contribution in [0, 0.1) is 0 Å². The van der Waals surface area contributed by atoms with Gasteiger partial charge in [-0.05, 0) is 59.6 Å². The molecule has 16 nitrogen and oxygen atoms in total. The van der Waals surface area contributed by atoms with Gasteiger partial charge < -0.3 is 28.7 Å². The van der Waals surface area contributed by atoms with Crippen molar-refractivity contribution >= 4 is 36.1 Å². The molecule has 0 spiro atoms. The highest BCUT2D eigenvalue weighted by Gasteiger charge is 2.41. The summed E-state index contributed by atoms with van der Waals surface area (Å²) in [4.78, 5) is 85.0. The van der Waals surface area contributed by atoms with Crippen LogP contribution in [0.2, 0.25) is 0 Å². The van der Waals surface area contributed by atoms with Gasteiger partial charge in [0.15, 0.2) is 5.78 Å². The maximum atomic E-state index is 12.7. The van der Waals surface area contributed by atoms with E-state index < -0.39 is 53.6 Å². The second-order valence-corrected chi connectivity index (χ2v) is 15.0. The third-order valence-electron chi connectivity index (χ3n) is 8.28. The fourth-order valence-electron chi connectivity index (χ4n) is 5.46. The van der Waals surface area contributed by atoms with E-state index in [1.807, 2.05) is 60.7 Å². The Balaban J connectivity index is 0.000000297. The van der Waals surface area contributed by atoms with E-state index in [0.717, 1.165) is 16.2 Å². The van der Waals surface area contributed by atoms with Gasteiger partial charge in [-0.3, -0.25) is 24.2 Å². The fraction of sp³-hybridized carbons (Fsp3) is 0.538. The number of likely N-dealkylation sites (N-methyl/N-ethyl adjacent to an activating group) is 1. The Bertz CT molecular complexity index is 1610. The van der Waals surface area contributed by atoms with Crippen LogP contribution in [0.25, 0.3) is 0 Å². The molecule has 2 aromatic rings. The maximum Gasteiger partial charge on any atom is 0.411 e. The maximum absolute atomic E-state index is 12.7. The van der Waals surface area contributed by atoms with Crippen LogP contribution < -0.4 is 0 Å². The van der Waals surface area contributed by atoms with E-state index in [4.69, 9.17) is 23.8 Å². The number of nitrogens with zero attached hydrogens (tertiary/aromatic N) is 5. The molecule has 0 saturated carbocycles. The molecule has 2 aliphatic rings. The number of hydrogen-bond donors (Lipinski definition) is 0. The Morgan fingerprint density at radius 3 is 1.36 bits per heavy atom. The fourth-order valence-corrected chi connectivity index (χ4v) is 5.46. The number of ketones is 1. The highest BCUT2D eigenvalue weighted by atomic mass is 16.7. The third-order valence-corrected chi connectivity index (χ3v) is 8.28. The van der Waals surface area contributed by atoms with Crippen LogP contribution in [-0.4, -0.2) is 137 Å². The lowest BCUT2D eigenvalue weighted by Crippen LogP contribution is -2.62. The minimum atomic E-state index is -0.937. The molecule has 2 aliphatic heterocycles. The summed E-state index contributed by atoms with van der Waals surface area (Å²) in [5, 5.41) is 1.03. The van der Waals surface area contributed by atoms with Gasteiger partial charge in [0, 0.05) is 33.2 Å². The molecule has 16 heteroatoms. The minimum Gasteiger partial charge on any atom is -0.445 e. The van der Waals surface area contributed by atoms with E-state index in [0.29, 0.717) is 0 Å². The summed E-state index contributed by atoms with van der Waals surface area (Å²) in [7, 11) is 2.80. The SMILES string of the molecule is CC(=O)[C@H]1CN(C(=O)OCc2ccccc2)CCN1C(=O)OC(C)(C)C.CON(C)C(=O)[C@H]1CN(C(=O)OCc2ccccc2)CCN1C(=O)OC(C)(C)C. The first-order chi connectivity index (χ1) is 25.8. The quantitative estimate of drug-likeness (QED) is 0.272. The Kier molecular flexibility index (Phi) is 15.8. The van der Waals surface area contributed by atoms with E-state index in [1.165, 1.54) is 40.7 Å². The van der Waals surface area contributed by atoms with Gasteiger partial charge in [-0.2, -0.15) is 0 Å². The van der Waals surface area contributed by atoms with Gasteiger partial charge in [-0.15, -0.1) is 0 Å². The van der Waals surface area contributed by atoms with Crippen LogP contribution >= 0.6 is 0 Å². The molecule has 302 valence electrons.